The van der Waals surface area contributed by atoms with Crippen LogP contribution >= 0.6 is 23.1 Å². The molecule has 3 rings (SSSR count). The van der Waals surface area contributed by atoms with Gasteiger partial charge in [0.15, 0.2) is 15.0 Å². The summed E-state index contributed by atoms with van der Waals surface area (Å²) in [5.41, 5.74) is 1.02. The predicted molar refractivity (Wildman–Crippen MR) is 85.3 cm³/mol. The number of sulfone groups is 1. The largest absolute Gasteiger partial charge is 0.330 e. The second kappa shape index (κ2) is 5.82. The molecule has 2 aliphatic rings. The molecular weight excluding hydrogens is 314 g/mol. The highest BCUT2D eigenvalue weighted by atomic mass is 32.2. The van der Waals surface area contributed by atoms with E-state index >= 15 is 0 Å². The van der Waals surface area contributed by atoms with Gasteiger partial charge in [0, 0.05) is 42.3 Å². The molecule has 8 heteroatoms. The van der Waals surface area contributed by atoms with Crippen LogP contribution in [0.2, 0.25) is 0 Å². The molecule has 2 fully saturated rings. The fraction of sp³-hybridized carbons (Fsp3) is 0.750. The van der Waals surface area contributed by atoms with E-state index in [9.17, 15) is 8.42 Å². The van der Waals surface area contributed by atoms with Gasteiger partial charge < -0.3 is 10.2 Å². The molecular formula is C12H19N3O2S3. The lowest BCUT2D eigenvalue weighted by Gasteiger charge is -2.33. The van der Waals surface area contributed by atoms with E-state index in [0.29, 0.717) is 11.8 Å². The molecule has 1 saturated carbocycles. The minimum absolute atomic E-state index is 0.434. The molecule has 112 valence electrons. The second-order valence-corrected chi connectivity index (χ2v) is 9.52. The van der Waals surface area contributed by atoms with Crippen molar-refractivity contribution in [1.82, 2.24) is 10.3 Å². The Morgan fingerprint density at radius 1 is 1.50 bits per heavy atom. The van der Waals surface area contributed by atoms with Crippen molar-refractivity contribution in [3.05, 3.63) is 11.1 Å². The molecule has 1 unspecified atom stereocenters. The zero-order valence-electron chi connectivity index (χ0n) is 11.4. The van der Waals surface area contributed by atoms with Gasteiger partial charge in [-0.05, 0) is 12.8 Å². The monoisotopic (exact) mass is 333 g/mol. The smallest absolute Gasteiger partial charge is 0.186 e. The van der Waals surface area contributed by atoms with Crippen molar-refractivity contribution >= 4 is 38.1 Å². The summed E-state index contributed by atoms with van der Waals surface area (Å²) in [6, 6.07) is 0.662. The van der Waals surface area contributed by atoms with Crippen LogP contribution in [0, 0.1) is 0 Å². The van der Waals surface area contributed by atoms with Crippen molar-refractivity contribution in [2.45, 2.75) is 30.8 Å². The predicted octanol–water partition coefficient (Wildman–Crippen LogP) is 1.32. The van der Waals surface area contributed by atoms with Crippen molar-refractivity contribution in [3.8, 4) is 0 Å². The summed E-state index contributed by atoms with van der Waals surface area (Å²) in [4.78, 5) is 6.56. The van der Waals surface area contributed by atoms with Crippen LogP contribution in [0.4, 0.5) is 5.13 Å². The number of nitrogens with one attached hydrogen (secondary N) is 1. The summed E-state index contributed by atoms with van der Waals surface area (Å²) in [5.74, 6) is 1.59. The first-order chi connectivity index (χ1) is 9.54. The maximum Gasteiger partial charge on any atom is 0.186 e. The molecule has 20 heavy (non-hydrogen) atoms. The van der Waals surface area contributed by atoms with Gasteiger partial charge in [0.1, 0.15) is 5.37 Å². The highest BCUT2D eigenvalue weighted by molar-refractivity contribution is 8.01. The summed E-state index contributed by atoms with van der Waals surface area (Å²) < 4.78 is 23.8. The topological polar surface area (TPSA) is 62.3 Å². The van der Waals surface area contributed by atoms with Gasteiger partial charge >= 0.3 is 0 Å². The lowest BCUT2D eigenvalue weighted by molar-refractivity contribution is 0.584. The van der Waals surface area contributed by atoms with Crippen molar-refractivity contribution in [3.63, 3.8) is 0 Å². The van der Waals surface area contributed by atoms with Gasteiger partial charge in [0.05, 0.1) is 5.69 Å². The van der Waals surface area contributed by atoms with Crippen molar-refractivity contribution in [2.24, 2.45) is 0 Å². The van der Waals surface area contributed by atoms with Crippen molar-refractivity contribution < 1.29 is 8.42 Å². The van der Waals surface area contributed by atoms with E-state index in [1.165, 1.54) is 19.1 Å². The first-order valence-corrected chi connectivity index (χ1v) is 10.7. The number of thioether (sulfide) groups is 1. The molecule has 1 aliphatic heterocycles. The SMILES string of the molecule is CS(=O)(=O)C1CSCCN1c1nc(CNC2CC2)cs1. The molecule has 0 spiro atoms. The molecule has 2 heterocycles. The van der Waals surface area contributed by atoms with Crippen LogP contribution in [0.25, 0.3) is 0 Å². The van der Waals surface area contributed by atoms with Crippen LogP contribution in [-0.4, -0.2) is 49.1 Å². The summed E-state index contributed by atoms with van der Waals surface area (Å²) in [6.07, 6.45) is 3.84. The van der Waals surface area contributed by atoms with Gasteiger partial charge in [-0.25, -0.2) is 13.4 Å². The Bertz CT molecular complexity index is 568. The van der Waals surface area contributed by atoms with Crippen LogP contribution in [-0.2, 0) is 16.4 Å². The average Bonchev–Trinajstić information content (AvgIpc) is 3.12. The molecule has 0 amide bonds. The van der Waals surface area contributed by atoms with Gasteiger partial charge in [-0.15, -0.1) is 11.3 Å². The van der Waals surface area contributed by atoms with E-state index < -0.39 is 15.2 Å². The zero-order chi connectivity index (χ0) is 14.2. The summed E-state index contributed by atoms with van der Waals surface area (Å²) >= 11 is 3.25. The van der Waals surface area contributed by atoms with E-state index in [4.69, 9.17) is 0 Å². The average molecular weight is 334 g/mol. The quantitative estimate of drug-likeness (QED) is 0.877. The molecule has 0 aromatic carbocycles. The Morgan fingerprint density at radius 3 is 3.00 bits per heavy atom. The number of hydrogen-bond donors (Lipinski definition) is 1. The first kappa shape index (κ1) is 14.6. The second-order valence-electron chi connectivity index (χ2n) is 5.33. The van der Waals surface area contributed by atoms with E-state index in [1.807, 2.05) is 10.3 Å². The molecule has 1 N–H and O–H groups in total. The van der Waals surface area contributed by atoms with Gasteiger partial charge in [-0.2, -0.15) is 11.8 Å². The van der Waals surface area contributed by atoms with E-state index in [-0.39, 0.29) is 0 Å². The maximum absolute atomic E-state index is 11.9. The zero-order valence-corrected chi connectivity index (χ0v) is 13.9. The number of nitrogens with zero attached hydrogens (tertiary/aromatic N) is 2. The van der Waals surface area contributed by atoms with Gasteiger partial charge in [-0.1, -0.05) is 0 Å². The number of rotatable bonds is 5. The third-order valence-electron chi connectivity index (χ3n) is 3.51. The Morgan fingerprint density at radius 2 is 2.30 bits per heavy atom. The van der Waals surface area contributed by atoms with E-state index in [0.717, 1.165) is 29.7 Å². The van der Waals surface area contributed by atoms with Crippen molar-refractivity contribution in [1.29, 1.82) is 0 Å². The van der Waals surface area contributed by atoms with Gasteiger partial charge in [0.25, 0.3) is 0 Å². The van der Waals surface area contributed by atoms with Crippen LogP contribution in [0.3, 0.4) is 0 Å². The molecule has 5 nitrogen and oxygen atoms in total. The summed E-state index contributed by atoms with van der Waals surface area (Å²) in [7, 11) is -3.07. The van der Waals surface area contributed by atoms with E-state index in [1.54, 1.807) is 23.1 Å². The standard InChI is InChI=1S/C12H19N3O2S3/c1-20(16,17)11-8-18-5-4-15(11)12-14-10(7-19-12)6-13-9-2-3-9/h7,9,11,13H,2-6,8H2,1H3. The fourth-order valence-corrected chi connectivity index (χ4v) is 5.99. The molecule has 0 bridgehead atoms. The Hall–Kier alpha value is -0.310. The highest BCUT2D eigenvalue weighted by Crippen LogP contribution is 2.29. The molecule has 1 aromatic heterocycles. The highest BCUT2D eigenvalue weighted by Gasteiger charge is 2.32. The normalized spacial score (nSPS) is 24.1. The third kappa shape index (κ3) is 3.47. The first-order valence-electron chi connectivity index (χ1n) is 6.75. The van der Waals surface area contributed by atoms with Crippen LogP contribution in [0.1, 0.15) is 18.5 Å². The Balaban J connectivity index is 1.72. The lowest BCUT2D eigenvalue weighted by Crippen LogP contribution is -2.47. The minimum Gasteiger partial charge on any atom is -0.330 e. The number of aromatic nitrogens is 1. The van der Waals surface area contributed by atoms with Crippen LogP contribution in [0.15, 0.2) is 5.38 Å². The molecule has 1 saturated heterocycles. The van der Waals surface area contributed by atoms with E-state index in [2.05, 4.69) is 10.3 Å². The number of anilines is 1. The molecule has 0 radical (unpaired) electrons. The van der Waals surface area contributed by atoms with Gasteiger partial charge in [-0.3, -0.25) is 0 Å². The minimum atomic E-state index is -3.07. The number of thiazole rings is 1. The third-order valence-corrected chi connectivity index (χ3v) is 7.08. The summed E-state index contributed by atoms with van der Waals surface area (Å²) in [6.45, 7) is 1.54. The molecule has 1 atom stereocenters. The van der Waals surface area contributed by atoms with Crippen LogP contribution < -0.4 is 10.2 Å². The fourth-order valence-electron chi connectivity index (χ4n) is 2.20. The Kier molecular flexibility index (Phi) is 4.26. The van der Waals surface area contributed by atoms with Gasteiger partial charge in [0.2, 0.25) is 0 Å². The van der Waals surface area contributed by atoms with Crippen molar-refractivity contribution in [2.75, 3.05) is 29.2 Å². The lowest BCUT2D eigenvalue weighted by atomic mass is 10.4. The Labute approximate surface area is 128 Å². The number of hydrogen-bond acceptors (Lipinski definition) is 7. The summed E-state index contributed by atoms with van der Waals surface area (Å²) in [5, 5.41) is 5.87. The van der Waals surface area contributed by atoms with Crippen LogP contribution in [0.5, 0.6) is 0 Å². The molecule has 1 aromatic rings. The maximum atomic E-state index is 11.9. The molecule has 1 aliphatic carbocycles.